The van der Waals surface area contributed by atoms with E-state index in [9.17, 15) is 4.79 Å². The fourth-order valence-electron chi connectivity index (χ4n) is 1.98. The van der Waals surface area contributed by atoms with Gasteiger partial charge in [0.05, 0.1) is 13.2 Å². The summed E-state index contributed by atoms with van der Waals surface area (Å²) in [6.45, 7) is 4.10. The molecule has 17 heavy (non-hydrogen) atoms. The van der Waals surface area contributed by atoms with Crippen molar-refractivity contribution in [3.8, 4) is 0 Å². The molecule has 1 fully saturated rings. The van der Waals surface area contributed by atoms with Crippen molar-refractivity contribution in [2.75, 3.05) is 53.6 Å². The van der Waals surface area contributed by atoms with Crippen LogP contribution in [0.2, 0.25) is 0 Å². The Morgan fingerprint density at radius 2 is 2.29 bits per heavy atom. The zero-order valence-electron chi connectivity index (χ0n) is 10.9. The first-order valence-electron chi connectivity index (χ1n) is 6.25. The lowest BCUT2D eigenvalue weighted by molar-refractivity contribution is -0.135. The number of hydrogen-bond acceptors (Lipinski definition) is 4. The lowest BCUT2D eigenvalue weighted by Gasteiger charge is -2.27. The minimum absolute atomic E-state index is 0.0478. The Balaban J connectivity index is 2.12. The molecule has 5 heteroatoms. The molecule has 1 heterocycles. The predicted octanol–water partition coefficient (Wildman–Crippen LogP) is 0.107. The topological polar surface area (TPSA) is 50.8 Å². The van der Waals surface area contributed by atoms with Crippen molar-refractivity contribution in [3.63, 3.8) is 0 Å². The fraction of sp³-hybridized carbons (Fsp3) is 0.917. The summed E-state index contributed by atoms with van der Waals surface area (Å²) >= 11 is 0. The van der Waals surface area contributed by atoms with Gasteiger partial charge in [0.15, 0.2) is 0 Å². The van der Waals surface area contributed by atoms with Gasteiger partial charge in [-0.2, -0.15) is 0 Å². The van der Waals surface area contributed by atoms with Crippen LogP contribution in [-0.2, 0) is 14.3 Å². The Morgan fingerprint density at radius 3 is 2.94 bits per heavy atom. The Labute approximate surface area is 103 Å². The molecule has 1 amide bonds. The summed E-state index contributed by atoms with van der Waals surface area (Å²) in [5.74, 6) is 0.628. The largest absolute Gasteiger partial charge is 0.382 e. The van der Waals surface area contributed by atoms with Crippen molar-refractivity contribution < 1.29 is 14.3 Å². The smallest absolute Gasteiger partial charge is 0.248 e. The lowest BCUT2D eigenvalue weighted by Crippen LogP contribution is -2.40. The zero-order chi connectivity index (χ0) is 12.5. The van der Waals surface area contributed by atoms with Crippen LogP contribution in [0.15, 0.2) is 0 Å². The summed E-state index contributed by atoms with van der Waals surface area (Å²) in [6, 6.07) is 0. The van der Waals surface area contributed by atoms with Crippen molar-refractivity contribution in [2.24, 2.45) is 5.92 Å². The Morgan fingerprint density at radius 1 is 1.47 bits per heavy atom. The maximum Gasteiger partial charge on any atom is 0.248 e. The van der Waals surface area contributed by atoms with Crippen LogP contribution in [0.3, 0.4) is 0 Å². The van der Waals surface area contributed by atoms with Crippen LogP contribution in [0, 0.1) is 5.92 Å². The number of piperidine rings is 1. The van der Waals surface area contributed by atoms with Crippen LogP contribution in [-0.4, -0.2) is 64.4 Å². The average molecular weight is 244 g/mol. The van der Waals surface area contributed by atoms with Gasteiger partial charge >= 0.3 is 0 Å². The van der Waals surface area contributed by atoms with E-state index >= 15 is 0 Å². The molecule has 0 spiro atoms. The van der Waals surface area contributed by atoms with Crippen LogP contribution < -0.4 is 5.32 Å². The molecule has 100 valence electrons. The number of likely N-dealkylation sites (N-methyl/N-ethyl adjacent to an activating group) is 1. The lowest BCUT2D eigenvalue weighted by atomic mass is 9.99. The Kier molecular flexibility index (Phi) is 7.16. The van der Waals surface area contributed by atoms with Gasteiger partial charge in [0.25, 0.3) is 0 Å². The maximum absolute atomic E-state index is 11.7. The average Bonchev–Trinajstić information content (AvgIpc) is 2.35. The quantitative estimate of drug-likeness (QED) is 0.646. The van der Waals surface area contributed by atoms with Crippen LogP contribution in [0.25, 0.3) is 0 Å². The molecule has 0 radical (unpaired) electrons. The molecule has 5 nitrogen and oxygen atoms in total. The molecule has 1 aliphatic heterocycles. The third kappa shape index (κ3) is 6.00. The molecule has 0 bridgehead atoms. The summed E-state index contributed by atoms with van der Waals surface area (Å²) in [5, 5.41) is 3.35. The number of hydrogen-bond donors (Lipinski definition) is 1. The molecule has 1 rings (SSSR count). The molecular formula is C12H24N2O3. The minimum atomic E-state index is 0.0478. The van der Waals surface area contributed by atoms with Gasteiger partial charge in [-0.05, 0) is 31.8 Å². The Hall–Kier alpha value is -0.650. The van der Waals surface area contributed by atoms with E-state index in [4.69, 9.17) is 9.47 Å². The van der Waals surface area contributed by atoms with Gasteiger partial charge in [0.2, 0.25) is 5.91 Å². The van der Waals surface area contributed by atoms with Gasteiger partial charge in [-0.25, -0.2) is 0 Å². The standard InChI is InChI=1S/C12H24N2O3/c1-14(9-11-4-3-5-13-8-11)12(15)10-17-7-6-16-2/h11,13H,3-10H2,1-2H3. The number of rotatable bonds is 7. The molecule has 1 unspecified atom stereocenters. The number of carbonyl (C=O) groups excluding carboxylic acids is 1. The number of methoxy groups -OCH3 is 1. The van der Waals surface area contributed by atoms with E-state index < -0.39 is 0 Å². The van der Waals surface area contributed by atoms with Gasteiger partial charge in [-0.15, -0.1) is 0 Å². The van der Waals surface area contributed by atoms with E-state index in [1.165, 1.54) is 12.8 Å². The van der Waals surface area contributed by atoms with E-state index in [2.05, 4.69) is 5.32 Å². The van der Waals surface area contributed by atoms with Crippen molar-refractivity contribution in [1.29, 1.82) is 0 Å². The third-order valence-corrected chi connectivity index (χ3v) is 3.01. The molecule has 0 aromatic carbocycles. The molecule has 0 aromatic rings. The van der Waals surface area contributed by atoms with Crippen molar-refractivity contribution in [2.45, 2.75) is 12.8 Å². The van der Waals surface area contributed by atoms with Gasteiger partial charge < -0.3 is 19.7 Å². The first kappa shape index (κ1) is 14.4. The Bertz CT molecular complexity index is 218. The first-order valence-corrected chi connectivity index (χ1v) is 6.25. The van der Waals surface area contributed by atoms with E-state index in [0.29, 0.717) is 19.1 Å². The highest BCUT2D eigenvalue weighted by Gasteiger charge is 2.17. The zero-order valence-corrected chi connectivity index (χ0v) is 10.9. The van der Waals surface area contributed by atoms with Crippen molar-refractivity contribution in [3.05, 3.63) is 0 Å². The van der Waals surface area contributed by atoms with Gasteiger partial charge in [-0.1, -0.05) is 0 Å². The monoisotopic (exact) mass is 244 g/mol. The minimum Gasteiger partial charge on any atom is -0.382 e. The van der Waals surface area contributed by atoms with Crippen LogP contribution in [0.1, 0.15) is 12.8 Å². The number of carbonyl (C=O) groups is 1. The fourth-order valence-corrected chi connectivity index (χ4v) is 1.98. The highest BCUT2D eigenvalue weighted by atomic mass is 16.5. The molecule has 0 saturated carbocycles. The number of nitrogens with one attached hydrogen (secondary N) is 1. The highest BCUT2D eigenvalue weighted by Crippen LogP contribution is 2.10. The van der Waals surface area contributed by atoms with E-state index in [0.717, 1.165) is 19.6 Å². The predicted molar refractivity (Wildman–Crippen MR) is 65.9 cm³/mol. The van der Waals surface area contributed by atoms with E-state index in [1.54, 1.807) is 12.0 Å². The molecule has 0 aromatic heterocycles. The van der Waals surface area contributed by atoms with Crippen LogP contribution in [0.4, 0.5) is 0 Å². The summed E-state index contributed by atoms with van der Waals surface area (Å²) in [7, 11) is 3.46. The number of nitrogens with zero attached hydrogens (tertiary/aromatic N) is 1. The third-order valence-electron chi connectivity index (χ3n) is 3.01. The maximum atomic E-state index is 11.7. The summed E-state index contributed by atoms with van der Waals surface area (Å²) in [6.07, 6.45) is 2.41. The summed E-state index contributed by atoms with van der Waals surface area (Å²) in [4.78, 5) is 13.5. The molecule has 1 aliphatic rings. The van der Waals surface area contributed by atoms with Gasteiger partial charge in [-0.3, -0.25) is 4.79 Å². The molecule has 0 aliphatic carbocycles. The van der Waals surface area contributed by atoms with Crippen LogP contribution in [0.5, 0.6) is 0 Å². The van der Waals surface area contributed by atoms with Crippen molar-refractivity contribution in [1.82, 2.24) is 10.2 Å². The van der Waals surface area contributed by atoms with E-state index in [1.807, 2.05) is 7.05 Å². The highest BCUT2D eigenvalue weighted by molar-refractivity contribution is 5.77. The van der Waals surface area contributed by atoms with E-state index in [-0.39, 0.29) is 12.5 Å². The van der Waals surface area contributed by atoms with Crippen LogP contribution >= 0.6 is 0 Å². The SMILES string of the molecule is COCCOCC(=O)N(C)CC1CCCNC1. The molecule has 1 saturated heterocycles. The second-order valence-electron chi connectivity index (χ2n) is 4.53. The second-order valence-corrected chi connectivity index (χ2v) is 4.53. The van der Waals surface area contributed by atoms with Gasteiger partial charge in [0, 0.05) is 20.7 Å². The molecular weight excluding hydrogens is 220 g/mol. The molecule has 1 atom stereocenters. The summed E-state index contributed by atoms with van der Waals surface area (Å²) < 4.78 is 10.1. The number of amides is 1. The second kappa shape index (κ2) is 8.44. The molecule has 1 N–H and O–H groups in total. The van der Waals surface area contributed by atoms with Gasteiger partial charge in [0.1, 0.15) is 6.61 Å². The summed E-state index contributed by atoms with van der Waals surface area (Å²) in [5.41, 5.74) is 0. The first-order chi connectivity index (χ1) is 8.24. The normalized spacial score (nSPS) is 20.2. The van der Waals surface area contributed by atoms with Crippen molar-refractivity contribution >= 4 is 5.91 Å². The number of ether oxygens (including phenoxy) is 2.